The molecule has 10 rings (SSSR count). The fourth-order valence-electron chi connectivity index (χ4n) is 8.55. The summed E-state index contributed by atoms with van der Waals surface area (Å²) in [5.41, 5.74) is 1.29. The normalized spacial score (nSPS) is 14.7. The molecule has 6 heterocycles. The largest absolute Gasteiger partial charge is 0.496 e. The lowest BCUT2D eigenvalue weighted by molar-refractivity contribution is -0.138. The predicted octanol–water partition coefficient (Wildman–Crippen LogP) is 6.92. The number of methoxy groups -OCH3 is 2. The maximum atomic E-state index is 13.1. The summed E-state index contributed by atoms with van der Waals surface area (Å²) in [6, 6.07) is 19.0. The second-order valence-electron chi connectivity index (χ2n) is 19.4. The Labute approximate surface area is 512 Å². The summed E-state index contributed by atoms with van der Waals surface area (Å²) < 4.78 is 186. The van der Waals surface area contributed by atoms with Gasteiger partial charge in [0.1, 0.15) is 52.8 Å². The average Bonchev–Trinajstić information content (AvgIpc) is 2.64. The molecule has 89 heavy (non-hydrogen) atoms. The number of alkyl halides is 6. The van der Waals surface area contributed by atoms with Crippen molar-refractivity contribution in [3.8, 4) is 66.9 Å². The van der Waals surface area contributed by atoms with Crippen molar-refractivity contribution in [1.29, 1.82) is 0 Å². The van der Waals surface area contributed by atoms with E-state index in [0.29, 0.717) is 112 Å². The first-order valence-electron chi connectivity index (χ1n) is 26.2. The Balaban J connectivity index is 0.000000200. The van der Waals surface area contributed by atoms with Crippen molar-refractivity contribution >= 4 is 52.8 Å². The van der Waals surface area contributed by atoms with Crippen LogP contribution in [0.4, 0.5) is 26.3 Å². The monoisotopic (exact) mass is 1350 g/mol. The van der Waals surface area contributed by atoms with Crippen molar-refractivity contribution < 1.29 is 83.8 Å². The molecule has 0 radical (unpaired) electrons. The Kier molecular flexibility index (Phi) is 21.6. The molecule has 0 amide bonds. The van der Waals surface area contributed by atoms with Gasteiger partial charge in [-0.05, 0) is 48.5 Å². The topological polar surface area (TPSA) is 314 Å². The van der Waals surface area contributed by atoms with Gasteiger partial charge in [-0.15, -0.1) is 22.7 Å². The summed E-state index contributed by atoms with van der Waals surface area (Å²) in [7, 11) is -7.12. The number of benzene rings is 4. The van der Waals surface area contributed by atoms with Crippen LogP contribution in [-0.4, -0.2) is 154 Å². The standard InChI is InChI=1S/C26H26F3N5O6S2.C22H18F3N3O7S2.C5H12N2O2S/c1-38-21-13-18(7-8-19(21)23-31-25(35)40-32-23)39-15-22-20(14-33-9-11-34(12-10-33)42(2,36)37)30-24(41-22)16-3-5-17(6-4-16)26(27,28)29;1-32-17-9-14(7-8-15(17)19-27-21(29)35-28-19)33-11-18-16(10-34-37(2,30)31)26-20(36-18)12-3-5-13(6-4-12)22(23,24)25;1-10(8,9)7-4-2-6-3-5-7/h3-8,13H,9-12,14-15H2,1-2H3,(H,31,32,35);3-9H,10-11H2,1-2H3,(H,27,28,29);6H,2-5H2,1H3. The highest BCUT2D eigenvalue weighted by atomic mass is 32.2. The van der Waals surface area contributed by atoms with Gasteiger partial charge >= 0.3 is 23.9 Å². The van der Waals surface area contributed by atoms with Crippen LogP contribution in [0.5, 0.6) is 23.0 Å². The lowest BCUT2D eigenvalue weighted by Crippen LogP contribution is -2.47. The van der Waals surface area contributed by atoms with Gasteiger partial charge in [0.05, 0.1) is 76.4 Å². The Hall–Kier alpha value is -7.55. The SMILES string of the molecule is COc1cc(OCc2sc(-c3ccc(C(F)(F)F)cc3)nc2CN2CCN(S(C)(=O)=O)CC2)ccc1-c1noc(=O)[nH]1.COc1cc(OCc2sc(-c3ccc(C(F)(F)F)cc3)nc2COS(C)(=O)=O)ccc1-c1noc(=O)[nH]1.CS(=O)(=O)N1CCNCC1. The van der Waals surface area contributed by atoms with Crippen LogP contribution in [0, 0.1) is 0 Å². The first kappa shape index (κ1) is 67.4. The highest BCUT2D eigenvalue weighted by molar-refractivity contribution is 7.88. The molecule has 2 aliphatic rings. The number of thiazole rings is 2. The minimum absolute atomic E-state index is 0.0515. The summed E-state index contributed by atoms with van der Waals surface area (Å²) in [6.45, 7) is 4.56. The van der Waals surface area contributed by atoms with Gasteiger partial charge in [-0.2, -0.15) is 43.4 Å². The molecule has 0 bridgehead atoms. The molecular formula is C53H56F6N10O15S5. The molecule has 480 valence electrons. The van der Waals surface area contributed by atoms with Gasteiger partial charge in [-0.3, -0.25) is 28.1 Å². The van der Waals surface area contributed by atoms with E-state index in [9.17, 15) is 61.2 Å². The molecule has 0 spiro atoms. The van der Waals surface area contributed by atoms with Crippen molar-refractivity contribution in [2.45, 2.75) is 38.7 Å². The van der Waals surface area contributed by atoms with Crippen LogP contribution in [0.2, 0.25) is 0 Å². The zero-order chi connectivity index (χ0) is 64.5. The minimum atomic E-state index is -4.48. The van der Waals surface area contributed by atoms with Gasteiger partial charge in [0, 0.05) is 82.2 Å². The molecule has 25 nitrogen and oxygen atoms in total. The third-order valence-corrected chi connectivity index (χ3v) is 18.5. The number of rotatable bonds is 19. The van der Waals surface area contributed by atoms with Gasteiger partial charge in [-0.25, -0.2) is 36.4 Å². The van der Waals surface area contributed by atoms with E-state index in [-0.39, 0.29) is 37.2 Å². The molecule has 0 atom stereocenters. The average molecular weight is 1350 g/mol. The van der Waals surface area contributed by atoms with Crippen LogP contribution < -0.4 is 35.8 Å². The van der Waals surface area contributed by atoms with E-state index >= 15 is 0 Å². The van der Waals surface area contributed by atoms with Crippen molar-refractivity contribution in [3.05, 3.63) is 138 Å². The van der Waals surface area contributed by atoms with Gasteiger partial charge < -0.3 is 24.3 Å². The van der Waals surface area contributed by atoms with E-state index < -0.39 is 65.2 Å². The molecule has 2 saturated heterocycles. The molecule has 2 aliphatic heterocycles. The third-order valence-electron chi connectivity index (χ3n) is 13.1. The number of aromatic amines is 2. The fraction of sp³-hybridized carbons (Fsp3) is 0.358. The van der Waals surface area contributed by atoms with E-state index in [1.165, 1.54) is 70.9 Å². The van der Waals surface area contributed by atoms with Crippen LogP contribution in [-0.2, 0) is 73.1 Å². The van der Waals surface area contributed by atoms with E-state index in [0.717, 1.165) is 59.8 Å². The second-order valence-corrected chi connectivity index (χ2v) is 27.2. The highest BCUT2D eigenvalue weighted by Crippen LogP contribution is 2.38. The zero-order valence-corrected chi connectivity index (χ0v) is 51.7. The van der Waals surface area contributed by atoms with Crippen LogP contribution in [0.15, 0.2) is 104 Å². The van der Waals surface area contributed by atoms with Crippen molar-refractivity contribution in [1.82, 2.24) is 49.1 Å². The lowest BCUT2D eigenvalue weighted by atomic mass is 10.1. The lowest BCUT2D eigenvalue weighted by Gasteiger charge is -2.32. The van der Waals surface area contributed by atoms with Crippen molar-refractivity contribution in [2.24, 2.45) is 0 Å². The molecule has 36 heteroatoms. The predicted molar refractivity (Wildman–Crippen MR) is 313 cm³/mol. The van der Waals surface area contributed by atoms with E-state index in [4.69, 9.17) is 28.1 Å². The van der Waals surface area contributed by atoms with E-state index in [2.05, 4.69) is 44.5 Å². The Bertz CT molecular complexity index is 4180. The number of piperazine rings is 2. The highest BCUT2D eigenvalue weighted by Gasteiger charge is 2.32. The maximum Gasteiger partial charge on any atom is 0.439 e. The molecule has 4 aromatic heterocycles. The maximum absolute atomic E-state index is 13.1. The second kappa shape index (κ2) is 28.5. The van der Waals surface area contributed by atoms with Crippen LogP contribution >= 0.6 is 22.7 Å². The van der Waals surface area contributed by atoms with Gasteiger partial charge in [0.25, 0.3) is 10.1 Å². The number of hydrogen-bond donors (Lipinski definition) is 3. The van der Waals surface area contributed by atoms with Crippen molar-refractivity contribution in [2.75, 3.05) is 85.3 Å². The zero-order valence-electron chi connectivity index (χ0n) is 47.6. The molecule has 3 N–H and O–H groups in total. The third kappa shape index (κ3) is 18.8. The first-order chi connectivity index (χ1) is 41.9. The molecule has 0 aliphatic carbocycles. The number of ether oxygens (including phenoxy) is 4. The summed E-state index contributed by atoms with van der Waals surface area (Å²) in [4.78, 5) is 39.9. The molecule has 2 fully saturated rings. The smallest absolute Gasteiger partial charge is 0.439 e. The first-order valence-corrected chi connectivity index (χ1v) is 33.3. The number of sulfonamides is 2. The summed E-state index contributed by atoms with van der Waals surface area (Å²) in [6.07, 6.45) is -5.60. The van der Waals surface area contributed by atoms with Crippen molar-refractivity contribution in [3.63, 3.8) is 0 Å². The number of halogens is 6. The number of nitrogens with one attached hydrogen (secondary N) is 3. The van der Waals surface area contributed by atoms with Crippen LogP contribution in [0.1, 0.15) is 32.3 Å². The van der Waals surface area contributed by atoms with Crippen LogP contribution in [0.3, 0.4) is 0 Å². The van der Waals surface area contributed by atoms with Gasteiger partial charge in [0.2, 0.25) is 20.0 Å². The number of hydrogen-bond acceptors (Lipinski definition) is 23. The molecule has 4 aromatic carbocycles. The summed E-state index contributed by atoms with van der Waals surface area (Å²) in [5, 5.41) is 11.3. The van der Waals surface area contributed by atoms with E-state index in [1.54, 1.807) is 36.4 Å². The molecule has 8 aromatic rings. The Morgan fingerprint density at radius 3 is 1.35 bits per heavy atom. The summed E-state index contributed by atoms with van der Waals surface area (Å²) >= 11 is 2.43. The Morgan fingerprint density at radius 2 is 0.978 bits per heavy atom. The number of aromatic nitrogens is 6. The Morgan fingerprint density at radius 1 is 0.562 bits per heavy atom. The number of nitrogens with zero attached hydrogens (tertiary/aromatic N) is 7. The van der Waals surface area contributed by atoms with Gasteiger partial charge in [0.15, 0.2) is 11.6 Å². The molecule has 0 unspecified atom stereocenters. The quantitative estimate of drug-likeness (QED) is 0.0546. The minimum Gasteiger partial charge on any atom is -0.496 e. The molecular weight excluding hydrogens is 1290 g/mol. The van der Waals surface area contributed by atoms with Gasteiger partial charge in [-0.1, -0.05) is 34.6 Å². The van der Waals surface area contributed by atoms with Crippen LogP contribution in [0.25, 0.3) is 43.9 Å². The van der Waals surface area contributed by atoms with E-state index in [1.807, 2.05) is 0 Å². The number of H-pyrrole nitrogens is 2. The fourth-order valence-corrected chi connectivity index (χ4v) is 12.5. The summed E-state index contributed by atoms with van der Waals surface area (Å²) in [5.74, 6) is 0.474. The molecule has 0 saturated carbocycles.